The van der Waals surface area contributed by atoms with Crippen LogP contribution in [0.25, 0.3) is 11.0 Å². The van der Waals surface area contributed by atoms with Crippen molar-refractivity contribution in [2.24, 2.45) is 0 Å². The Morgan fingerprint density at radius 1 is 0.800 bits per heavy atom. The van der Waals surface area contributed by atoms with Gasteiger partial charge in [-0.05, 0) is 27.2 Å². The summed E-state index contributed by atoms with van der Waals surface area (Å²) in [7, 11) is 0. The minimum absolute atomic E-state index is 0.366. The number of rotatable bonds is 10. The summed E-state index contributed by atoms with van der Waals surface area (Å²) in [5, 5.41) is 22.2. The topological polar surface area (TPSA) is 120 Å². The van der Waals surface area contributed by atoms with E-state index >= 15 is 0 Å². The molecule has 0 unspecified atom stereocenters. The fourth-order valence-electron chi connectivity index (χ4n) is 2.23. The first-order valence-corrected chi connectivity index (χ1v) is 8.82. The first-order valence-electron chi connectivity index (χ1n) is 8.82. The third-order valence-electron chi connectivity index (χ3n) is 3.32. The summed E-state index contributed by atoms with van der Waals surface area (Å²) >= 11 is 0. The van der Waals surface area contributed by atoms with Crippen molar-refractivity contribution < 1.29 is 5.11 Å². The van der Waals surface area contributed by atoms with Crippen LogP contribution in [0, 0.1) is 0 Å². The van der Waals surface area contributed by atoms with Gasteiger partial charge < -0.3 is 26.4 Å². The zero-order chi connectivity index (χ0) is 18.2. The van der Waals surface area contributed by atoms with Crippen LogP contribution >= 0.6 is 0 Å². The molecule has 2 heterocycles. The van der Waals surface area contributed by atoms with Crippen LogP contribution in [0.1, 0.15) is 34.1 Å². The number of hydrogen-bond acceptors (Lipinski definition) is 9. The van der Waals surface area contributed by atoms with Gasteiger partial charge in [-0.25, -0.2) is 9.97 Å². The Hall–Kier alpha value is -2.42. The Labute approximate surface area is 148 Å². The number of fused-ring (bicyclic) bond motifs is 1. The SMILES string of the molecule is CCCNc1nc(NCC)c2nc(NC[C@H](C)O)nc(NCC)c2n1. The maximum Gasteiger partial charge on any atom is 0.225 e. The molecule has 0 radical (unpaired) electrons. The lowest BCUT2D eigenvalue weighted by atomic mass is 10.3. The van der Waals surface area contributed by atoms with E-state index in [9.17, 15) is 5.11 Å². The van der Waals surface area contributed by atoms with E-state index in [0.717, 1.165) is 19.5 Å². The summed E-state index contributed by atoms with van der Waals surface area (Å²) < 4.78 is 0. The zero-order valence-electron chi connectivity index (χ0n) is 15.3. The van der Waals surface area contributed by atoms with E-state index in [1.54, 1.807) is 6.92 Å². The molecule has 0 spiro atoms. The highest BCUT2D eigenvalue weighted by molar-refractivity contribution is 5.94. The second-order valence-corrected chi connectivity index (χ2v) is 5.71. The number of aliphatic hydroxyl groups excluding tert-OH is 1. The average molecular weight is 348 g/mol. The van der Waals surface area contributed by atoms with E-state index in [0.29, 0.717) is 47.7 Å². The van der Waals surface area contributed by atoms with Crippen molar-refractivity contribution in [2.45, 2.75) is 40.2 Å². The highest BCUT2D eigenvalue weighted by atomic mass is 16.3. The van der Waals surface area contributed by atoms with Crippen molar-refractivity contribution in [1.29, 1.82) is 0 Å². The average Bonchev–Trinajstić information content (AvgIpc) is 2.59. The van der Waals surface area contributed by atoms with Gasteiger partial charge >= 0.3 is 0 Å². The first kappa shape index (κ1) is 18.9. The molecule has 2 rings (SSSR count). The number of aliphatic hydroxyl groups is 1. The Balaban J connectivity index is 2.53. The van der Waals surface area contributed by atoms with Gasteiger partial charge in [-0.3, -0.25) is 0 Å². The van der Waals surface area contributed by atoms with Crippen LogP contribution < -0.4 is 21.3 Å². The van der Waals surface area contributed by atoms with Gasteiger partial charge in [0.15, 0.2) is 11.6 Å². The number of hydrogen-bond donors (Lipinski definition) is 5. The molecule has 1 atom stereocenters. The Morgan fingerprint density at radius 2 is 1.32 bits per heavy atom. The van der Waals surface area contributed by atoms with Gasteiger partial charge in [0.05, 0.1) is 6.10 Å². The molecule has 2 aromatic heterocycles. The second-order valence-electron chi connectivity index (χ2n) is 5.71. The van der Waals surface area contributed by atoms with Crippen LogP contribution in [0.3, 0.4) is 0 Å². The number of nitrogens with zero attached hydrogens (tertiary/aromatic N) is 4. The standard InChI is InChI=1S/C16H28N8O/c1-5-8-19-15-21-11-12(13(23-15)17-6-2)22-16(20-9-10(4)25)24-14(11)18-7-3/h10,25H,5-9H2,1-4H3,(H2,17,19,21,23)(H2,18,20,22,24)/t10-/m0/s1. The van der Waals surface area contributed by atoms with Crippen molar-refractivity contribution in [1.82, 2.24) is 19.9 Å². The highest BCUT2D eigenvalue weighted by Crippen LogP contribution is 2.26. The summed E-state index contributed by atoms with van der Waals surface area (Å²) in [4.78, 5) is 18.2. The molecule has 25 heavy (non-hydrogen) atoms. The number of nitrogens with one attached hydrogen (secondary N) is 4. The molecule has 0 amide bonds. The third-order valence-corrected chi connectivity index (χ3v) is 3.32. The third kappa shape index (κ3) is 5.02. The van der Waals surface area contributed by atoms with E-state index in [4.69, 9.17) is 0 Å². The Kier molecular flexibility index (Phi) is 6.93. The molecule has 0 bridgehead atoms. The lowest BCUT2D eigenvalue weighted by Gasteiger charge is -2.14. The molecule has 0 aliphatic carbocycles. The molecule has 0 fully saturated rings. The number of anilines is 4. The fourth-order valence-corrected chi connectivity index (χ4v) is 2.23. The van der Waals surface area contributed by atoms with Gasteiger partial charge in [-0.15, -0.1) is 0 Å². The molecule has 2 aromatic rings. The smallest absolute Gasteiger partial charge is 0.225 e. The second kappa shape index (κ2) is 9.16. The van der Waals surface area contributed by atoms with E-state index in [1.165, 1.54) is 0 Å². The maximum absolute atomic E-state index is 9.48. The molecule has 9 nitrogen and oxygen atoms in total. The van der Waals surface area contributed by atoms with Gasteiger partial charge in [0, 0.05) is 26.2 Å². The molecular formula is C16H28N8O. The zero-order valence-corrected chi connectivity index (χ0v) is 15.3. The molecule has 0 aliphatic heterocycles. The summed E-state index contributed by atoms with van der Waals surface area (Å²) in [6.45, 7) is 10.4. The van der Waals surface area contributed by atoms with Gasteiger partial charge in [-0.1, -0.05) is 6.92 Å². The van der Waals surface area contributed by atoms with Crippen molar-refractivity contribution in [3.8, 4) is 0 Å². The summed E-state index contributed by atoms with van der Waals surface area (Å²) in [5.41, 5.74) is 1.30. The molecule has 0 aromatic carbocycles. The van der Waals surface area contributed by atoms with Crippen molar-refractivity contribution >= 4 is 34.6 Å². The van der Waals surface area contributed by atoms with Gasteiger partial charge in [-0.2, -0.15) is 9.97 Å². The molecule has 138 valence electrons. The Morgan fingerprint density at radius 3 is 1.76 bits per heavy atom. The highest BCUT2D eigenvalue weighted by Gasteiger charge is 2.15. The normalized spacial score (nSPS) is 12.0. The van der Waals surface area contributed by atoms with Crippen LogP contribution in [0.5, 0.6) is 0 Å². The lowest BCUT2D eigenvalue weighted by molar-refractivity contribution is 0.208. The molecule has 5 N–H and O–H groups in total. The minimum atomic E-state index is -0.494. The van der Waals surface area contributed by atoms with Crippen LogP contribution in [-0.4, -0.2) is 57.3 Å². The van der Waals surface area contributed by atoms with Crippen LogP contribution in [-0.2, 0) is 0 Å². The minimum Gasteiger partial charge on any atom is -0.392 e. The monoisotopic (exact) mass is 348 g/mol. The molecule has 0 saturated heterocycles. The van der Waals surface area contributed by atoms with Crippen LogP contribution in [0.15, 0.2) is 0 Å². The van der Waals surface area contributed by atoms with Crippen molar-refractivity contribution in [2.75, 3.05) is 47.4 Å². The van der Waals surface area contributed by atoms with Gasteiger partial charge in [0.1, 0.15) is 11.0 Å². The molecule has 9 heteroatoms. The summed E-state index contributed by atoms with van der Waals surface area (Å²) in [6.07, 6.45) is 0.489. The van der Waals surface area contributed by atoms with Gasteiger partial charge in [0.2, 0.25) is 11.9 Å². The van der Waals surface area contributed by atoms with Crippen LogP contribution in [0.2, 0.25) is 0 Å². The summed E-state index contributed by atoms with van der Waals surface area (Å²) in [6, 6.07) is 0. The predicted molar refractivity (Wildman–Crippen MR) is 102 cm³/mol. The predicted octanol–water partition coefficient (Wildman–Crippen LogP) is 1.90. The fraction of sp³-hybridized carbons (Fsp3) is 0.625. The molecule has 0 aliphatic rings. The molecular weight excluding hydrogens is 320 g/mol. The largest absolute Gasteiger partial charge is 0.392 e. The van der Waals surface area contributed by atoms with E-state index in [2.05, 4.69) is 48.1 Å². The van der Waals surface area contributed by atoms with Gasteiger partial charge in [0.25, 0.3) is 0 Å². The quantitative estimate of drug-likeness (QED) is 0.438. The van der Waals surface area contributed by atoms with Crippen molar-refractivity contribution in [3.05, 3.63) is 0 Å². The van der Waals surface area contributed by atoms with E-state index in [-0.39, 0.29) is 0 Å². The maximum atomic E-state index is 9.48. The number of aromatic nitrogens is 4. The lowest BCUT2D eigenvalue weighted by Crippen LogP contribution is -2.18. The van der Waals surface area contributed by atoms with Crippen molar-refractivity contribution in [3.63, 3.8) is 0 Å². The first-order chi connectivity index (χ1) is 12.1. The molecule has 0 saturated carbocycles. The van der Waals surface area contributed by atoms with Crippen LogP contribution in [0.4, 0.5) is 23.5 Å². The van der Waals surface area contributed by atoms with E-state index in [1.807, 2.05) is 13.8 Å². The summed E-state index contributed by atoms with van der Waals surface area (Å²) in [5.74, 6) is 2.29. The Bertz CT molecular complexity index is 691. The van der Waals surface area contributed by atoms with E-state index < -0.39 is 6.10 Å².